The maximum Gasteiger partial charge on any atom is 0.410 e. The van der Waals surface area contributed by atoms with Crippen molar-refractivity contribution in [1.82, 2.24) is 15.2 Å². The molecule has 8 nitrogen and oxygen atoms in total. The van der Waals surface area contributed by atoms with Crippen molar-refractivity contribution in [2.45, 2.75) is 70.9 Å². The van der Waals surface area contributed by atoms with E-state index in [4.69, 9.17) is 9.72 Å². The molecule has 0 radical (unpaired) electrons. The van der Waals surface area contributed by atoms with Gasteiger partial charge in [0, 0.05) is 49.2 Å². The summed E-state index contributed by atoms with van der Waals surface area (Å²) in [5.41, 5.74) is 4.95. The van der Waals surface area contributed by atoms with Crippen LogP contribution in [0.3, 0.4) is 0 Å². The molecule has 1 saturated carbocycles. The number of thiazole rings is 1. The van der Waals surface area contributed by atoms with Crippen LogP contribution in [0.5, 0.6) is 0 Å². The molecule has 1 aromatic heterocycles. The molecule has 2 N–H and O–H groups in total. The third-order valence-electron chi connectivity index (χ3n) is 7.73. The van der Waals surface area contributed by atoms with E-state index in [1.165, 1.54) is 35.3 Å². The van der Waals surface area contributed by atoms with Crippen LogP contribution in [0.15, 0.2) is 53.9 Å². The number of carbonyl (C=O) groups is 2. The molecule has 0 atom stereocenters. The van der Waals surface area contributed by atoms with Crippen LogP contribution in [0.2, 0.25) is 0 Å². The second-order valence-corrected chi connectivity index (χ2v) is 13.3. The smallest absolute Gasteiger partial charge is 0.410 e. The van der Waals surface area contributed by atoms with Gasteiger partial charge in [0.25, 0.3) is 0 Å². The fourth-order valence-electron chi connectivity index (χ4n) is 4.98. The number of hydrogen-bond donors (Lipinski definition) is 2. The van der Waals surface area contributed by atoms with Crippen molar-refractivity contribution in [2.75, 3.05) is 36.4 Å². The molecule has 0 bridgehead atoms. The van der Waals surface area contributed by atoms with Crippen molar-refractivity contribution < 1.29 is 14.3 Å². The van der Waals surface area contributed by atoms with E-state index in [9.17, 15) is 9.59 Å². The molecule has 0 spiro atoms. The Bertz CT molecular complexity index is 1350. The summed E-state index contributed by atoms with van der Waals surface area (Å²) in [5, 5.41) is 8.42. The predicted octanol–water partition coefficient (Wildman–Crippen LogP) is 6.73. The van der Waals surface area contributed by atoms with E-state index in [2.05, 4.69) is 65.8 Å². The van der Waals surface area contributed by atoms with Crippen molar-refractivity contribution in [3.63, 3.8) is 0 Å². The number of nitrogens with zero attached hydrogens (tertiary/aromatic N) is 3. The summed E-state index contributed by atoms with van der Waals surface area (Å²) >= 11 is 1.44. The first-order chi connectivity index (χ1) is 19.5. The second kappa shape index (κ2) is 11.7. The van der Waals surface area contributed by atoms with Crippen molar-refractivity contribution in [3.8, 4) is 0 Å². The van der Waals surface area contributed by atoms with E-state index in [1.807, 2.05) is 38.3 Å². The zero-order chi connectivity index (χ0) is 29.2. The van der Waals surface area contributed by atoms with E-state index < -0.39 is 5.60 Å². The first-order valence-corrected chi connectivity index (χ1v) is 15.3. The lowest BCUT2D eigenvalue weighted by atomic mass is 9.81. The van der Waals surface area contributed by atoms with Gasteiger partial charge in [-0.1, -0.05) is 50.2 Å². The van der Waals surface area contributed by atoms with Gasteiger partial charge in [-0.15, -0.1) is 11.3 Å². The first-order valence-electron chi connectivity index (χ1n) is 14.4. The molecule has 2 aromatic carbocycles. The average Bonchev–Trinajstić information content (AvgIpc) is 3.69. The Morgan fingerprint density at radius 2 is 1.61 bits per heavy atom. The standard InChI is InChI=1S/C32H41N5O3S/c1-31(2,3)40-30(39)37-18-16-36(17-19-37)26-14-6-22(7-15-26)20-33-28(38)35-29-34-27(21-41-29)32(4,5)25-12-10-24(11-13-25)23-8-9-23/h6-7,10-15,21,23H,8-9,16-20H2,1-5H3,(H2,33,34,35,38). The third-order valence-corrected chi connectivity index (χ3v) is 8.49. The Kier molecular flexibility index (Phi) is 8.27. The van der Waals surface area contributed by atoms with E-state index in [0.29, 0.717) is 24.8 Å². The van der Waals surface area contributed by atoms with Crippen LogP contribution in [-0.4, -0.2) is 53.8 Å². The van der Waals surface area contributed by atoms with Gasteiger partial charge in [-0.3, -0.25) is 5.32 Å². The number of rotatable bonds is 7. The van der Waals surface area contributed by atoms with Crippen molar-refractivity contribution >= 4 is 34.3 Å². The number of nitrogens with one attached hydrogen (secondary N) is 2. The zero-order valence-electron chi connectivity index (χ0n) is 24.7. The summed E-state index contributed by atoms with van der Waals surface area (Å²) in [6, 6.07) is 16.8. The van der Waals surface area contributed by atoms with Crippen molar-refractivity contribution in [1.29, 1.82) is 0 Å². The molecule has 0 unspecified atom stereocenters. The van der Waals surface area contributed by atoms with Gasteiger partial charge in [0.05, 0.1) is 5.69 Å². The summed E-state index contributed by atoms with van der Waals surface area (Å²) in [6.45, 7) is 13.1. The molecule has 1 saturated heterocycles. The molecule has 1 aliphatic heterocycles. The third kappa shape index (κ3) is 7.38. The lowest BCUT2D eigenvalue weighted by molar-refractivity contribution is 0.0240. The topological polar surface area (TPSA) is 86.8 Å². The zero-order valence-corrected chi connectivity index (χ0v) is 25.5. The second-order valence-electron chi connectivity index (χ2n) is 12.5. The van der Waals surface area contributed by atoms with Crippen LogP contribution in [-0.2, 0) is 16.7 Å². The van der Waals surface area contributed by atoms with Gasteiger partial charge >= 0.3 is 12.1 Å². The molecule has 218 valence electrons. The Morgan fingerprint density at radius 1 is 0.951 bits per heavy atom. The summed E-state index contributed by atoms with van der Waals surface area (Å²) in [4.78, 5) is 33.7. The molecule has 41 heavy (non-hydrogen) atoms. The highest BCUT2D eigenvalue weighted by Gasteiger charge is 2.29. The largest absolute Gasteiger partial charge is 0.444 e. The number of aromatic nitrogens is 1. The predicted molar refractivity (Wildman–Crippen MR) is 165 cm³/mol. The Hall–Kier alpha value is -3.59. The maximum absolute atomic E-state index is 12.6. The number of urea groups is 1. The number of piperazine rings is 1. The highest BCUT2D eigenvalue weighted by molar-refractivity contribution is 7.13. The van der Waals surface area contributed by atoms with Gasteiger partial charge in [0.2, 0.25) is 0 Å². The lowest BCUT2D eigenvalue weighted by Gasteiger charge is -2.36. The minimum Gasteiger partial charge on any atom is -0.444 e. The van der Waals surface area contributed by atoms with Gasteiger partial charge in [0.15, 0.2) is 5.13 Å². The summed E-state index contributed by atoms with van der Waals surface area (Å²) < 4.78 is 5.49. The van der Waals surface area contributed by atoms with E-state index in [0.717, 1.165) is 36.0 Å². The maximum atomic E-state index is 12.6. The molecule has 2 fully saturated rings. The normalized spacial score (nSPS) is 15.9. The van der Waals surface area contributed by atoms with Crippen LogP contribution >= 0.6 is 11.3 Å². The average molecular weight is 576 g/mol. The summed E-state index contributed by atoms with van der Waals surface area (Å²) in [6.07, 6.45) is 2.34. The summed E-state index contributed by atoms with van der Waals surface area (Å²) in [5.74, 6) is 0.743. The SMILES string of the molecule is CC(C)(C)OC(=O)N1CCN(c2ccc(CNC(=O)Nc3nc(C(C)(C)c4ccc(C5CC5)cc4)cs3)cc2)CC1. The number of amides is 3. The molecule has 2 heterocycles. The lowest BCUT2D eigenvalue weighted by Crippen LogP contribution is -2.50. The molecule has 3 aromatic rings. The minimum atomic E-state index is -0.489. The van der Waals surface area contributed by atoms with Crippen LogP contribution in [0, 0.1) is 0 Å². The highest BCUT2D eigenvalue weighted by atomic mass is 32.1. The van der Waals surface area contributed by atoms with Crippen LogP contribution in [0.25, 0.3) is 0 Å². The Morgan fingerprint density at radius 3 is 2.22 bits per heavy atom. The number of anilines is 2. The Labute approximate surface area is 247 Å². The molecular formula is C32H41N5O3S. The molecule has 3 amide bonds. The van der Waals surface area contributed by atoms with Gasteiger partial charge < -0.3 is 19.9 Å². The van der Waals surface area contributed by atoms with Crippen LogP contribution in [0.1, 0.15) is 75.8 Å². The fourth-order valence-corrected chi connectivity index (χ4v) is 5.85. The van der Waals surface area contributed by atoms with Crippen LogP contribution in [0.4, 0.5) is 20.4 Å². The monoisotopic (exact) mass is 575 g/mol. The minimum absolute atomic E-state index is 0.251. The summed E-state index contributed by atoms with van der Waals surface area (Å²) in [7, 11) is 0. The van der Waals surface area contributed by atoms with Crippen molar-refractivity contribution in [2.24, 2.45) is 0 Å². The van der Waals surface area contributed by atoms with E-state index in [1.54, 1.807) is 4.90 Å². The van der Waals surface area contributed by atoms with Gasteiger partial charge in [-0.25, -0.2) is 14.6 Å². The molecule has 9 heteroatoms. The molecule has 1 aliphatic carbocycles. The van der Waals surface area contributed by atoms with Gasteiger partial charge in [-0.2, -0.15) is 0 Å². The highest BCUT2D eigenvalue weighted by Crippen LogP contribution is 2.41. The van der Waals surface area contributed by atoms with E-state index >= 15 is 0 Å². The van der Waals surface area contributed by atoms with Gasteiger partial charge in [-0.05, 0) is 68.4 Å². The van der Waals surface area contributed by atoms with Crippen molar-refractivity contribution in [3.05, 3.63) is 76.3 Å². The Balaban J connectivity index is 1.08. The number of carbonyl (C=O) groups excluding carboxylic acids is 2. The molecular weight excluding hydrogens is 534 g/mol. The number of benzene rings is 2. The first kappa shape index (κ1) is 28.9. The van der Waals surface area contributed by atoms with Gasteiger partial charge in [0.1, 0.15) is 5.60 Å². The number of hydrogen-bond acceptors (Lipinski definition) is 6. The fraction of sp³-hybridized carbons (Fsp3) is 0.469. The molecule has 5 rings (SSSR count). The van der Waals surface area contributed by atoms with Crippen LogP contribution < -0.4 is 15.5 Å². The van der Waals surface area contributed by atoms with E-state index in [-0.39, 0.29) is 17.5 Å². The quantitative estimate of drug-likeness (QED) is 0.326. The number of ether oxygens (including phenoxy) is 1. The molecule has 2 aliphatic rings.